The van der Waals surface area contributed by atoms with Crippen LogP contribution in [-0.2, 0) is 24.1 Å². The van der Waals surface area contributed by atoms with E-state index in [1.54, 1.807) is 0 Å². The minimum Gasteiger partial charge on any atom is -0.365 e. The number of H-pyrrole nitrogens is 1. The minimum atomic E-state index is -0.134. The van der Waals surface area contributed by atoms with Crippen molar-refractivity contribution in [1.29, 1.82) is 0 Å². The largest absolute Gasteiger partial charge is 0.365 e. The summed E-state index contributed by atoms with van der Waals surface area (Å²) < 4.78 is 0. The Morgan fingerprint density at radius 1 is 1.26 bits per heavy atom. The summed E-state index contributed by atoms with van der Waals surface area (Å²) in [6.07, 6.45) is 11.1. The standard InChI is InChI=1S/C24H27N5O2/c1-2-20(30)27-17-5-3-4-16(17)26-19-10-15-13(12-25-19)6-7-14-21-18(28-22(14)15)11-24(8-9-24)29-23(21)31/h2,10,12,16-17,28H,1,3-9,11H2,(H,25,26)(H,27,30)(H,29,31). The number of amides is 2. The van der Waals surface area contributed by atoms with E-state index in [0.29, 0.717) is 0 Å². The first-order valence-electron chi connectivity index (χ1n) is 11.3. The lowest BCUT2D eigenvalue weighted by Gasteiger charge is -2.24. The molecule has 2 saturated carbocycles. The molecular formula is C24H27N5O2. The SMILES string of the molecule is C=CC(=O)NC1CCCC1Nc1cc2c(cn1)CCc1c-2[nH]c2c1C(=O)NC1(CC1)C2. The second-order valence-electron chi connectivity index (χ2n) is 9.47. The molecule has 0 aromatic carbocycles. The number of hydrogen-bond acceptors (Lipinski definition) is 4. The third kappa shape index (κ3) is 3.06. The van der Waals surface area contributed by atoms with Gasteiger partial charge in [0, 0.05) is 41.5 Å². The number of rotatable bonds is 4. The highest BCUT2D eigenvalue weighted by Crippen LogP contribution is 2.45. The Kier molecular flexibility index (Phi) is 4.04. The van der Waals surface area contributed by atoms with Crippen LogP contribution in [-0.4, -0.2) is 39.4 Å². The molecule has 2 aromatic heterocycles. The van der Waals surface area contributed by atoms with Gasteiger partial charge in [-0.3, -0.25) is 9.59 Å². The number of carbonyl (C=O) groups excluding carboxylic acids is 2. The van der Waals surface area contributed by atoms with Crippen LogP contribution in [0.3, 0.4) is 0 Å². The lowest BCUT2D eigenvalue weighted by Crippen LogP contribution is -2.43. The number of aryl methyl sites for hydroxylation is 1. The topological polar surface area (TPSA) is 98.9 Å². The summed E-state index contributed by atoms with van der Waals surface area (Å²) in [7, 11) is 0. The Bertz CT molecular complexity index is 1110. The zero-order valence-electron chi connectivity index (χ0n) is 17.5. The smallest absolute Gasteiger partial charge is 0.253 e. The third-order valence-corrected chi connectivity index (χ3v) is 7.42. The van der Waals surface area contributed by atoms with Gasteiger partial charge in [-0.15, -0.1) is 0 Å². The summed E-state index contributed by atoms with van der Waals surface area (Å²) in [5.74, 6) is 0.760. The molecular weight excluding hydrogens is 390 g/mol. The normalized spacial score (nSPS) is 24.6. The molecule has 4 N–H and O–H groups in total. The lowest BCUT2D eigenvalue weighted by atomic mass is 9.87. The Balaban J connectivity index is 1.30. The van der Waals surface area contributed by atoms with Gasteiger partial charge in [0.15, 0.2) is 0 Å². The van der Waals surface area contributed by atoms with E-state index in [1.807, 2.05) is 6.20 Å². The van der Waals surface area contributed by atoms with E-state index in [2.05, 4.69) is 38.6 Å². The Hall–Kier alpha value is -3.09. The first-order chi connectivity index (χ1) is 15.0. The molecule has 0 saturated heterocycles. The number of aromatic amines is 1. The van der Waals surface area contributed by atoms with Crippen LogP contribution in [0.4, 0.5) is 5.82 Å². The number of hydrogen-bond donors (Lipinski definition) is 4. The van der Waals surface area contributed by atoms with Crippen molar-refractivity contribution in [2.24, 2.45) is 0 Å². The number of pyridine rings is 1. The van der Waals surface area contributed by atoms with E-state index in [0.717, 1.165) is 85.3 Å². The summed E-state index contributed by atoms with van der Waals surface area (Å²) in [5, 5.41) is 9.81. The van der Waals surface area contributed by atoms with Crippen LogP contribution in [0.15, 0.2) is 24.9 Å². The van der Waals surface area contributed by atoms with Crippen molar-refractivity contribution in [2.75, 3.05) is 5.32 Å². The van der Waals surface area contributed by atoms with Gasteiger partial charge in [0.25, 0.3) is 5.91 Å². The van der Waals surface area contributed by atoms with Gasteiger partial charge in [0.2, 0.25) is 5.91 Å². The molecule has 3 aliphatic carbocycles. The predicted octanol–water partition coefficient (Wildman–Crippen LogP) is 2.63. The zero-order valence-corrected chi connectivity index (χ0v) is 17.5. The molecule has 1 spiro atoms. The average molecular weight is 418 g/mol. The molecule has 2 fully saturated rings. The van der Waals surface area contributed by atoms with Crippen LogP contribution in [0.2, 0.25) is 0 Å². The van der Waals surface area contributed by atoms with Crippen LogP contribution in [0.1, 0.15) is 59.3 Å². The van der Waals surface area contributed by atoms with Crippen molar-refractivity contribution < 1.29 is 9.59 Å². The maximum Gasteiger partial charge on any atom is 0.253 e. The highest BCUT2D eigenvalue weighted by molar-refractivity contribution is 6.01. The third-order valence-electron chi connectivity index (χ3n) is 7.42. The van der Waals surface area contributed by atoms with Gasteiger partial charge in [-0.05, 0) is 68.2 Å². The summed E-state index contributed by atoms with van der Waals surface area (Å²) in [6, 6.07) is 2.33. The molecule has 2 amide bonds. The number of nitrogens with zero attached hydrogens (tertiary/aromatic N) is 1. The van der Waals surface area contributed by atoms with E-state index >= 15 is 0 Å². The number of anilines is 1. The van der Waals surface area contributed by atoms with Crippen LogP contribution in [0, 0.1) is 0 Å². The van der Waals surface area contributed by atoms with Crippen molar-refractivity contribution in [3.05, 3.63) is 47.3 Å². The molecule has 0 radical (unpaired) electrons. The number of carbonyl (C=O) groups is 2. The fraction of sp³-hybridized carbons (Fsp3) is 0.458. The molecule has 2 unspecified atom stereocenters. The minimum absolute atomic E-state index is 0.00131. The van der Waals surface area contributed by atoms with Crippen LogP contribution < -0.4 is 16.0 Å². The molecule has 3 heterocycles. The zero-order chi connectivity index (χ0) is 21.2. The monoisotopic (exact) mass is 417 g/mol. The Morgan fingerprint density at radius 3 is 2.90 bits per heavy atom. The maximum absolute atomic E-state index is 12.8. The fourth-order valence-electron chi connectivity index (χ4n) is 5.61. The number of fused-ring (bicyclic) bond motifs is 5. The summed E-state index contributed by atoms with van der Waals surface area (Å²) >= 11 is 0. The van der Waals surface area contributed by atoms with E-state index < -0.39 is 0 Å². The van der Waals surface area contributed by atoms with E-state index in [4.69, 9.17) is 0 Å². The molecule has 0 bridgehead atoms. The van der Waals surface area contributed by atoms with Crippen molar-refractivity contribution in [1.82, 2.24) is 20.6 Å². The van der Waals surface area contributed by atoms with Crippen molar-refractivity contribution in [3.63, 3.8) is 0 Å². The molecule has 1 aliphatic heterocycles. The Labute approximate surface area is 181 Å². The molecule has 7 heteroatoms. The molecule has 4 aliphatic rings. The van der Waals surface area contributed by atoms with Crippen molar-refractivity contribution >= 4 is 17.6 Å². The molecule has 2 atom stereocenters. The highest BCUT2D eigenvalue weighted by Gasteiger charge is 2.49. The van der Waals surface area contributed by atoms with Gasteiger partial charge in [-0.25, -0.2) is 4.98 Å². The van der Waals surface area contributed by atoms with Crippen LogP contribution in [0.25, 0.3) is 11.3 Å². The first-order valence-corrected chi connectivity index (χ1v) is 11.3. The van der Waals surface area contributed by atoms with Crippen LogP contribution in [0.5, 0.6) is 0 Å². The predicted molar refractivity (Wildman–Crippen MR) is 118 cm³/mol. The van der Waals surface area contributed by atoms with Gasteiger partial charge in [0.1, 0.15) is 5.82 Å². The van der Waals surface area contributed by atoms with Crippen molar-refractivity contribution in [2.45, 2.75) is 69.0 Å². The molecule has 7 nitrogen and oxygen atoms in total. The lowest BCUT2D eigenvalue weighted by molar-refractivity contribution is -0.117. The van der Waals surface area contributed by atoms with Gasteiger partial charge >= 0.3 is 0 Å². The van der Waals surface area contributed by atoms with Gasteiger partial charge < -0.3 is 20.9 Å². The summed E-state index contributed by atoms with van der Waals surface area (Å²) in [5.41, 5.74) is 6.52. The van der Waals surface area contributed by atoms with E-state index in [1.165, 1.54) is 11.6 Å². The summed E-state index contributed by atoms with van der Waals surface area (Å²) in [4.78, 5) is 32.9. The van der Waals surface area contributed by atoms with Gasteiger partial charge in [-0.1, -0.05) is 6.58 Å². The van der Waals surface area contributed by atoms with Gasteiger partial charge in [-0.2, -0.15) is 0 Å². The molecule has 6 rings (SSSR count). The first kappa shape index (κ1) is 18.7. The maximum atomic E-state index is 12.8. The van der Waals surface area contributed by atoms with Crippen LogP contribution >= 0.6 is 0 Å². The quantitative estimate of drug-likeness (QED) is 0.575. The molecule has 160 valence electrons. The summed E-state index contributed by atoms with van der Waals surface area (Å²) in [6.45, 7) is 3.55. The average Bonchev–Trinajstić information content (AvgIpc) is 3.17. The second-order valence-corrected chi connectivity index (χ2v) is 9.47. The molecule has 2 aromatic rings. The van der Waals surface area contributed by atoms with Crippen molar-refractivity contribution in [3.8, 4) is 11.3 Å². The van der Waals surface area contributed by atoms with E-state index in [9.17, 15) is 9.59 Å². The highest BCUT2D eigenvalue weighted by atomic mass is 16.2. The molecule has 31 heavy (non-hydrogen) atoms. The van der Waals surface area contributed by atoms with E-state index in [-0.39, 0.29) is 29.4 Å². The number of nitrogens with one attached hydrogen (secondary N) is 4. The fourth-order valence-corrected chi connectivity index (χ4v) is 5.61. The number of aromatic nitrogens is 2. The van der Waals surface area contributed by atoms with Gasteiger partial charge in [0.05, 0.1) is 11.3 Å². The second kappa shape index (κ2) is 6.70. The Morgan fingerprint density at radius 2 is 2.10 bits per heavy atom.